The Balaban J connectivity index is 2.14. The van der Waals surface area contributed by atoms with E-state index in [1.807, 2.05) is 30.3 Å². The monoisotopic (exact) mass is 232 g/mol. The fourth-order valence-electron chi connectivity index (χ4n) is 1.31. The molecule has 1 N–H and O–H groups in total. The summed E-state index contributed by atoms with van der Waals surface area (Å²) >= 11 is 0. The van der Waals surface area contributed by atoms with Crippen LogP contribution in [0.1, 0.15) is 17.4 Å². The van der Waals surface area contributed by atoms with Crippen LogP contribution in [0.3, 0.4) is 0 Å². The number of hydroxylamine groups is 1. The highest BCUT2D eigenvalue weighted by molar-refractivity contribution is 5.92. The van der Waals surface area contributed by atoms with Gasteiger partial charge in [-0.15, -0.1) is 0 Å². The molecule has 5 nitrogen and oxygen atoms in total. The van der Waals surface area contributed by atoms with E-state index in [4.69, 9.17) is 9.36 Å². The van der Waals surface area contributed by atoms with Gasteiger partial charge in [-0.25, -0.2) is 5.48 Å². The molecule has 0 atom stereocenters. The van der Waals surface area contributed by atoms with Crippen molar-refractivity contribution >= 4 is 5.91 Å². The molecule has 0 unspecified atom stereocenters. The molecule has 88 valence electrons. The van der Waals surface area contributed by atoms with Crippen LogP contribution in [-0.4, -0.2) is 17.7 Å². The molecule has 0 aliphatic rings. The number of carbonyl (C=O) groups is 1. The minimum absolute atomic E-state index is 0.192. The minimum Gasteiger partial charge on any atom is -0.355 e. The lowest BCUT2D eigenvalue weighted by molar-refractivity contribution is 0.0357. The van der Waals surface area contributed by atoms with Crippen molar-refractivity contribution in [3.63, 3.8) is 0 Å². The van der Waals surface area contributed by atoms with Crippen molar-refractivity contribution in [1.29, 1.82) is 0 Å². The van der Waals surface area contributed by atoms with Crippen LogP contribution in [0.4, 0.5) is 0 Å². The number of amides is 1. The van der Waals surface area contributed by atoms with Crippen molar-refractivity contribution < 1.29 is 14.2 Å². The zero-order valence-electron chi connectivity index (χ0n) is 9.34. The summed E-state index contributed by atoms with van der Waals surface area (Å²) in [7, 11) is 0. The van der Waals surface area contributed by atoms with Crippen molar-refractivity contribution in [2.45, 2.75) is 6.92 Å². The summed E-state index contributed by atoms with van der Waals surface area (Å²) < 4.78 is 5.09. The van der Waals surface area contributed by atoms with Crippen molar-refractivity contribution in [2.75, 3.05) is 6.61 Å². The molecule has 0 saturated carbocycles. The molecule has 0 aliphatic heterocycles. The number of rotatable bonds is 4. The van der Waals surface area contributed by atoms with Gasteiger partial charge in [0.05, 0.1) is 6.61 Å². The first-order valence-corrected chi connectivity index (χ1v) is 5.25. The van der Waals surface area contributed by atoms with E-state index in [1.165, 1.54) is 0 Å². The second kappa shape index (κ2) is 5.27. The number of benzene rings is 1. The minimum atomic E-state index is -0.419. The van der Waals surface area contributed by atoms with Crippen molar-refractivity contribution in [3.8, 4) is 11.3 Å². The second-order valence-corrected chi connectivity index (χ2v) is 3.31. The van der Waals surface area contributed by atoms with E-state index >= 15 is 0 Å². The zero-order valence-corrected chi connectivity index (χ0v) is 9.34. The number of hydrogen-bond donors (Lipinski definition) is 1. The van der Waals surface area contributed by atoms with E-state index in [9.17, 15) is 4.79 Å². The fraction of sp³-hybridized carbons (Fsp3) is 0.167. The molecular formula is C12H12N2O3. The van der Waals surface area contributed by atoms with Crippen LogP contribution in [0, 0.1) is 0 Å². The van der Waals surface area contributed by atoms with Gasteiger partial charge < -0.3 is 4.52 Å². The standard InChI is InChI=1S/C12H12N2O3/c1-2-16-14-12(15)10-8-11(17-13-10)9-6-4-3-5-7-9/h3-8H,2H2,1H3,(H,14,15). The summed E-state index contributed by atoms with van der Waals surface area (Å²) in [6.07, 6.45) is 0. The Morgan fingerprint density at radius 3 is 2.88 bits per heavy atom. The van der Waals surface area contributed by atoms with Gasteiger partial charge >= 0.3 is 0 Å². The topological polar surface area (TPSA) is 64.4 Å². The molecular weight excluding hydrogens is 220 g/mol. The highest BCUT2D eigenvalue weighted by atomic mass is 16.6. The van der Waals surface area contributed by atoms with E-state index in [2.05, 4.69) is 10.6 Å². The molecule has 2 aromatic rings. The Kier molecular flexibility index (Phi) is 3.52. The molecule has 1 aromatic heterocycles. The second-order valence-electron chi connectivity index (χ2n) is 3.31. The Hall–Kier alpha value is -2.14. The van der Waals surface area contributed by atoms with Gasteiger partial charge in [0.1, 0.15) is 0 Å². The first kappa shape index (κ1) is 11.3. The highest BCUT2D eigenvalue weighted by Crippen LogP contribution is 2.19. The number of nitrogens with one attached hydrogen (secondary N) is 1. The summed E-state index contributed by atoms with van der Waals surface area (Å²) in [6, 6.07) is 11.0. The quantitative estimate of drug-likeness (QED) is 0.819. The molecule has 1 amide bonds. The van der Waals surface area contributed by atoms with Gasteiger partial charge in [0.15, 0.2) is 11.5 Å². The number of carbonyl (C=O) groups excluding carboxylic acids is 1. The van der Waals surface area contributed by atoms with E-state index in [-0.39, 0.29) is 5.69 Å². The van der Waals surface area contributed by atoms with Crippen LogP contribution in [0.2, 0.25) is 0 Å². The first-order valence-electron chi connectivity index (χ1n) is 5.25. The molecule has 17 heavy (non-hydrogen) atoms. The van der Waals surface area contributed by atoms with Gasteiger partial charge in [0.25, 0.3) is 5.91 Å². The number of aromatic nitrogens is 1. The van der Waals surface area contributed by atoms with Gasteiger partial charge in [-0.3, -0.25) is 9.63 Å². The fourth-order valence-corrected chi connectivity index (χ4v) is 1.31. The Labute approximate surface area is 98.3 Å². The molecule has 0 fully saturated rings. The normalized spacial score (nSPS) is 10.2. The molecule has 5 heteroatoms. The van der Waals surface area contributed by atoms with Gasteiger partial charge in [0, 0.05) is 11.6 Å². The van der Waals surface area contributed by atoms with Gasteiger partial charge in [0.2, 0.25) is 0 Å². The molecule has 1 heterocycles. The van der Waals surface area contributed by atoms with Crippen LogP contribution in [-0.2, 0) is 4.84 Å². The SMILES string of the molecule is CCONC(=O)c1cc(-c2ccccc2)on1. The van der Waals surface area contributed by atoms with Crippen molar-refractivity contribution in [2.24, 2.45) is 0 Å². The smallest absolute Gasteiger partial charge is 0.297 e. The lowest BCUT2D eigenvalue weighted by Gasteiger charge is -1.98. The molecule has 2 rings (SSSR count). The maximum absolute atomic E-state index is 11.5. The molecule has 0 radical (unpaired) electrons. The molecule has 0 aliphatic carbocycles. The number of hydrogen-bond acceptors (Lipinski definition) is 4. The average molecular weight is 232 g/mol. The largest absolute Gasteiger partial charge is 0.355 e. The molecule has 0 spiro atoms. The predicted molar refractivity (Wildman–Crippen MR) is 61.0 cm³/mol. The summed E-state index contributed by atoms with van der Waals surface area (Å²) in [5.74, 6) is 0.130. The lowest BCUT2D eigenvalue weighted by Crippen LogP contribution is -2.23. The zero-order chi connectivity index (χ0) is 12.1. The molecule has 1 aromatic carbocycles. The third-order valence-corrected chi connectivity index (χ3v) is 2.11. The first-order chi connectivity index (χ1) is 8.31. The maximum Gasteiger partial charge on any atom is 0.297 e. The van der Waals surface area contributed by atoms with Gasteiger partial charge in [-0.2, -0.15) is 0 Å². The molecule has 0 bridgehead atoms. The lowest BCUT2D eigenvalue weighted by atomic mass is 10.2. The van der Waals surface area contributed by atoms with Crippen molar-refractivity contribution in [1.82, 2.24) is 10.6 Å². The van der Waals surface area contributed by atoms with Crippen molar-refractivity contribution in [3.05, 3.63) is 42.1 Å². The van der Waals surface area contributed by atoms with Gasteiger partial charge in [-0.1, -0.05) is 35.5 Å². The van der Waals surface area contributed by atoms with Crippen LogP contribution in [0.25, 0.3) is 11.3 Å². The molecule has 0 saturated heterocycles. The summed E-state index contributed by atoms with van der Waals surface area (Å²) in [5.41, 5.74) is 3.31. The summed E-state index contributed by atoms with van der Waals surface area (Å²) in [5, 5.41) is 3.68. The predicted octanol–water partition coefficient (Wildman–Crippen LogP) is 2.02. The Morgan fingerprint density at radius 2 is 2.18 bits per heavy atom. The highest BCUT2D eigenvalue weighted by Gasteiger charge is 2.13. The maximum atomic E-state index is 11.5. The van der Waals surface area contributed by atoms with Crippen LogP contribution in [0.15, 0.2) is 40.9 Å². The van der Waals surface area contributed by atoms with E-state index in [1.54, 1.807) is 13.0 Å². The van der Waals surface area contributed by atoms with E-state index < -0.39 is 5.91 Å². The summed E-state index contributed by atoms with van der Waals surface area (Å²) in [4.78, 5) is 16.3. The average Bonchev–Trinajstić information content (AvgIpc) is 2.86. The summed E-state index contributed by atoms with van der Waals surface area (Å²) in [6.45, 7) is 2.17. The Morgan fingerprint density at radius 1 is 1.41 bits per heavy atom. The van der Waals surface area contributed by atoms with E-state index in [0.717, 1.165) is 5.56 Å². The van der Waals surface area contributed by atoms with Crippen LogP contribution < -0.4 is 5.48 Å². The Bertz CT molecular complexity index is 493. The third-order valence-electron chi connectivity index (χ3n) is 2.11. The van der Waals surface area contributed by atoms with Gasteiger partial charge in [-0.05, 0) is 6.92 Å². The number of nitrogens with zero attached hydrogens (tertiary/aromatic N) is 1. The van der Waals surface area contributed by atoms with Crippen LogP contribution in [0.5, 0.6) is 0 Å². The van der Waals surface area contributed by atoms with Crippen LogP contribution >= 0.6 is 0 Å². The third kappa shape index (κ3) is 2.70. The van der Waals surface area contributed by atoms with E-state index in [0.29, 0.717) is 12.4 Å².